The molecule has 1 rings (SSSR count). The van der Waals surface area contributed by atoms with Gasteiger partial charge in [0.05, 0.1) is 26.3 Å². The van der Waals surface area contributed by atoms with Gasteiger partial charge in [0.25, 0.3) is 7.82 Å². The Morgan fingerprint density at radius 2 is 1.44 bits per heavy atom. The summed E-state index contributed by atoms with van der Waals surface area (Å²) in [5.41, 5.74) is 0. The third kappa shape index (κ3) is 16.0. The molecule has 27 heavy (non-hydrogen) atoms. The minimum Gasteiger partial charge on any atom is -0.756 e. The van der Waals surface area contributed by atoms with Gasteiger partial charge in [0, 0.05) is 0 Å². The van der Waals surface area contributed by atoms with Gasteiger partial charge in [-0.3, -0.25) is 4.57 Å². The van der Waals surface area contributed by atoms with Crippen LogP contribution in [0.1, 0.15) is 85.5 Å². The van der Waals surface area contributed by atoms with Gasteiger partial charge in [-0.05, 0) is 32.1 Å². The predicted octanol–water partition coefficient (Wildman–Crippen LogP) is 4.85. The van der Waals surface area contributed by atoms with Gasteiger partial charge in [-0.15, -0.1) is 0 Å². The van der Waals surface area contributed by atoms with Crippen LogP contribution in [-0.2, 0) is 26.7 Å². The number of aryl methyl sites for hydroxylation is 2. The fourth-order valence-corrected chi connectivity index (χ4v) is 3.05. The minimum atomic E-state index is -4.00. The first-order valence-corrected chi connectivity index (χ1v) is 12.1. The summed E-state index contributed by atoms with van der Waals surface area (Å²) < 4.78 is 24.7. The monoisotopic (exact) mass is 404 g/mol. The molecule has 1 heterocycles. The van der Waals surface area contributed by atoms with Crippen molar-refractivity contribution in [3.63, 3.8) is 0 Å². The van der Waals surface area contributed by atoms with E-state index in [9.17, 15) is 9.46 Å². The van der Waals surface area contributed by atoms with Gasteiger partial charge < -0.3 is 13.9 Å². The Morgan fingerprint density at radius 3 is 1.96 bits per heavy atom. The number of imidazole rings is 1. The molecule has 6 nitrogen and oxygen atoms in total. The molecule has 0 aromatic carbocycles. The quantitative estimate of drug-likeness (QED) is 0.238. The van der Waals surface area contributed by atoms with Gasteiger partial charge in [0.2, 0.25) is 6.33 Å². The van der Waals surface area contributed by atoms with Gasteiger partial charge in [-0.1, -0.05) is 53.4 Å². The standard InChI is InChI=1S/C12H23N2.C8H19O4P/c1-3-5-7-9-14-11-10-13(12-14)8-6-4-2;1-3-5-7-11-13(9,10)12-8-6-4-2/h10-12H,3-9H2,1-2H3;3-8H2,1-2H3,(H,9,10)/q+1;/p-1. The van der Waals surface area contributed by atoms with E-state index >= 15 is 0 Å². The smallest absolute Gasteiger partial charge is 0.267 e. The van der Waals surface area contributed by atoms with Crippen molar-refractivity contribution in [2.24, 2.45) is 0 Å². The second-order valence-electron chi connectivity index (χ2n) is 6.77. The molecular formula is C20H41N2O4P. The Labute approximate surface area is 166 Å². The van der Waals surface area contributed by atoms with Gasteiger partial charge in [0.15, 0.2) is 0 Å². The average Bonchev–Trinajstić information content (AvgIpc) is 3.09. The fourth-order valence-electron chi connectivity index (χ4n) is 2.27. The van der Waals surface area contributed by atoms with Crippen LogP contribution in [0, 0.1) is 0 Å². The molecular weight excluding hydrogens is 363 g/mol. The highest BCUT2D eigenvalue weighted by Gasteiger charge is 2.07. The molecule has 160 valence electrons. The molecule has 0 atom stereocenters. The molecule has 0 saturated carbocycles. The first-order valence-electron chi connectivity index (χ1n) is 10.6. The van der Waals surface area contributed by atoms with E-state index in [2.05, 4.69) is 50.8 Å². The maximum Gasteiger partial charge on any atom is 0.267 e. The summed E-state index contributed by atoms with van der Waals surface area (Å²) in [5, 5.41) is 0. The van der Waals surface area contributed by atoms with Gasteiger partial charge in [0.1, 0.15) is 12.4 Å². The van der Waals surface area contributed by atoms with Crippen molar-refractivity contribution in [1.29, 1.82) is 0 Å². The number of phosphoric ester groups is 1. The predicted molar refractivity (Wildman–Crippen MR) is 108 cm³/mol. The molecule has 0 N–H and O–H groups in total. The summed E-state index contributed by atoms with van der Waals surface area (Å²) in [6.07, 6.45) is 16.4. The maximum absolute atomic E-state index is 11.0. The summed E-state index contributed by atoms with van der Waals surface area (Å²) >= 11 is 0. The van der Waals surface area contributed by atoms with E-state index in [-0.39, 0.29) is 13.2 Å². The van der Waals surface area contributed by atoms with Crippen LogP contribution in [0.5, 0.6) is 0 Å². The normalized spacial score (nSPS) is 11.3. The molecule has 7 heteroatoms. The molecule has 0 bridgehead atoms. The van der Waals surface area contributed by atoms with Crippen LogP contribution in [0.15, 0.2) is 18.7 Å². The molecule has 0 aliphatic rings. The van der Waals surface area contributed by atoms with E-state index in [0.717, 1.165) is 32.2 Å². The highest BCUT2D eigenvalue weighted by molar-refractivity contribution is 7.45. The minimum absolute atomic E-state index is 0.226. The Balaban J connectivity index is 0.000000503. The number of unbranched alkanes of at least 4 members (excludes halogenated alkanes) is 5. The highest BCUT2D eigenvalue weighted by atomic mass is 31.2. The summed E-state index contributed by atoms with van der Waals surface area (Å²) in [4.78, 5) is 11.0. The maximum atomic E-state index is 11.0. The third-order valence-corrected chi connectivity index (χ3v) is 5.03. The van der Waals surface area contributed by atoms with Crippen molar-refractivity contribution in [2.75, 3.05) is 13.2 Å². The highest BCUT2D eigenvalue weighted by Crippen LogP contribution is 2.38. The lowest BCUT2D eigenvalue weighted by Crippen LogP contribution is -2.30. The topological polar surface area (TPSA) is 67.4 Å². The molecule has 1 aromatic heterocycles. The summed E-state index contributed by atoms with van der Waals surface area (Å²) in [6.45, 7) is 11.2. The van der Waals surface area contributed by atoms with Crippen LogP contribution in [0.25, 0.3) is 0 Å². The van der Waals surface area contributed by atoms with Crippen LogP contribution >= 0.6 is 7.82 Å². The Morgan fingerprint density at radius 1 is 0.889 bits per heavy atom. The molecule has 0 spiro atoms. The first-order chi connectivity index (χ1) is 13.0. The number of rotatable bonds is 15. The van der Waals surface area contributed by atoms with Crippen molar-refractivity contribution >= 4 is 7.82 Å². The van der Waals surface area contributed by atoms with Crippen molar-refractivity contribution < 1.29 is 23.1 Å². The molecule has 0 radical (unpaired) electrons. The van der Waals surface area contributed by atoms with Crippen LogP contribution in [0.4, 0.5) is 0 Å². The van der Waals surface area contributed by atoms with E-state index in [4.69, 9.17) is 0 Å². The molecule has 0 unspecified atom stereocenters. The molecule has 0 amide bonds. The first kappa shape index (κ1) is 26.3. The zero-order valence-electron chi connectivity index (χ0n) is 17.9. The number of nitrogens with zero attached hydrogens (tertiary/aromatic N) is 2. The van der Waals surface area contributed by atoms with Crippen LogP contribution in [0.3, 0.4) is 0 Å². The lowest BCUT2D eigenvalue weighted by molar-refractivity contribution is -0.696. The lowest BCUT2D eigenvalue weighted by Gasteiger charge is -2.22. The molecule has 1 aromatic rings. The summed E-state index contributed by atoms with van der Waals surface area (Å²) in [5.74, 6) is 0. The van der Waals surface area contributed by atoms with Crippen LogP contribution in [0.2, 0.25) is 0 Å². The molecule has 0 aliphatic heterocycles. The van der Waals surface area contributed by atoms with Crippen molar-refractivity contribution in [2.45, 2.75) is 98.6 Å². The second kappa shape index (κ2) is 17.4. The summed E-state index contributed by atoms with van der Waals surface area (Å²) in [6, 6.07) is 0. The zero-order chi connectivity index (χ0) is 20.4. The van der Waals surface area contributed by atoms with Crippen LogP contribution in [-0.4, -0.2) is 17.8 Å². The van der Waals surface area contributed by atoms with E-state index < -0.39 is 7.82 Å². The van der Waals surface area contributed by atoms with Gasteiger partial charge in [-0.25, -0.2) is 9.13 Å². The number of hydrogen-bond donors (Lipinski definition) is 0. The molecule has 0 saturated heterocycles. The van der Waals surface area contributed by atoms with Crippen LogP contribution < -0.4 is 9.46 Å². The number of hydrogen-bond acceptors (Lipinski definition) is 4. The Hall–Kier alpha value is -0.680. The van der Waals surface area contributed by atoms with E-state index in [1.807, 2.05) is 13.8 Å². The third-order valence-electron chi connectivity index (χ3n) is 4.03. The second-order valence-corrected chi connectivity index (χ2v) is 8.18. The van der Waals surface area contributed by atoms with E-state index in [1.54, 1.807) is 0 Å². The van der Waals surface area contributed by atoms with Crippen molar-refractivity contribution in [1.82, 2.24) is 4.57 Å². The SMILES string of the molecule is CCCCC[n+]1ccn(CCCC)c1.CCCCOP(=O)([O-])OCCCC. The van der Waals surface area contributed by atoms with E-state index in [0.29, 0.717) is 0 Å². The van der Waals surface area contributed by atoms with Crippen molar-refractivity contribution in [3.05, 3.63) is 18.7 Å². The molecule has 0 fully saturated rings. The fraction of sp³-hybridized carbons (Fsp3) is 0.850. The van der Waals surface area contributed by atoms with Gasteiger partial charge in [-0.2, -0.15) is 0 Å². The average molecular weight is 405 g/mol. The summed E-state index contributed by atoms with van der Waals surface area (Å²) in [7, 11) is -4.00. The number of aromatic nitrogens is 2. The van der Waals surface area contributed by atoms with E-state index in [1.165, 1.54) is 38.6 Å². The van der Waals surface area contributed by atoms with Crippen molar-refractivity contribution in [3.8, 4) is 0 Å². The largest absolute Gasteiger partial charge is 0.756 e. The number of phosphoric acid groups is 1. The van der Waals surface area contributed by atoms with Gasteiger partial charge >= 0.3 is 0 Å². The Bertz CT molecular complexity index is 480. The molecule has 0 aliphatic carbocycles. The lowest BCUT2D eigenvalue weighted by atomic mass is 10.2. The Kier molecular flexibility index (Phi) is 17.0. The zero-order valence-corrected chi connectivity index (χ0v) is 18.8.